The van der Waals surface area contributed by atoms with E-state index in [1.807, 2.05) is 46.1 Å². The Morgan fingerprint density at radius 1 is 1.20 bits per heavy atom. The first-order chi connectivity index (χ1) is 14.7. The van der Waals surface area contributed by atoms with Crippen molar-refractivity contribution in [2.24, 2.45) is 5.92 Å². The largest absolute Gasteiger partial charge is 0.493 e. The number of thiazole rings is 1. The minimum absolute atomic E-state index is 0.154. The molecule has 1 aliphatic heterocycles. The minimum atomic E-state index is 0.154. The highest BCUT2D eigenvalue weighted by Gasteiger charge is 2.25. The van der Waals surface area contributed by atoms with Gasteiger partial charge in [0, 0.05) is 37.1 Å². The molecule has 2 aromatic heterocycles. The Kier molecular flexibility index (Phi) is 7.15. The van der Waals surface area contributed by atoms with E-state index in [9.17, 15) is 4.79 Å². The number of amides is 1. The van der Waals surface area contributed by atoms with E-state index < -0.39 is 0 Å². The number of aromatic nitrogens is 1. The summed E-state index contributed by atoms with van der Waals surface area (Å²) in [5.74, 6) is 1.43. The Hall–Kier alpha value is -2.22. The molecule has 7 heteroatoms. The van der Waals surface area contributed by atoms with E-state index in [0.29, 0.717) is 12.5 Å². The first-order valence-electron chi connectivity index (χ1n) is 10.3. The Morgan fingerprint density at radius 2 is 2.07 bits per heavy atom. The second-order valence-electron chi connectivity index (χ2n) is 7.79. The highest BCUT2D eigenvalue weighted by atomic mass is 32.1. The van der Waals surface area contributed by atoms with Gasteiger partial charge in [-0.05, 0) is 49.0 Å². The number of likely N-dealkylation sites (tertiary alicyclic amines) is 1. The lowest BCUT2D eigenvalue weighted by atomic mass is 9.99. The molecule has 0 radical (unpaired) electrons. The van der Waals surface area contributed by atoms with Crippen molar-refractivity contribution in [3.05, 3.63) is 68.8 Å². The Balaban J connectivity index is 1.24. The van der Waals surface area contributed by atoms with Crippen molar-refractivity contribution in [2.45, 2.75) is 25.9 Å². The van der Waals surface area contributed by atoms with E-state index in [0.717, 1.165) is 54.7 Å². The predicted octanol–water partition coefficient (Wildman–Crippen LogP) is 4.77. The lowest BCUT2D eigenvalue weighted by molar-refractivity contribution is 0.0638. The molecule has 5 nitrogen and oxygen atoms in total. The van der Waals surface area contributed by atoms with Gasteiger partial charge in [-0.2, -0.15) is 0 Å². The van der Waals surface area contributed by atoms with Crippen molar-refractivity contribution in [2.75, 3.05) is 26.7 Å². The molecule has 0 N–H and O–H groups in total. The third kappa shape index (κ3) is 5.68. The normalized spacial score (nSPS) is 16.7. The molecule has 0 spiro atoms. The van der Waals surface area contributed by atoms with Crippen LogP contribution in [-0.4, -0.2) is 47.4 Å². The highest BCUT2D eigenvalue weighted by Crippen LogP contribution is 2.22. The molecular weight excluding hydrogens is 414 g/mol. The van der Waals surface area contributed by atoms with Gasteiger partial charge in [0.2, 0.25) is 0 Å². The standard InChI is InChI=1S/C23H27N3O2S2/c1-25(16-22-24-10-13-30-22)14-18-6-8-20(9-7-18)28-17-19-4-2-11-26(15-19)23(27)21-5-3-12-29-21/h3,5-10,12-13,19H,2,4,11,14-17H2,1H3/t19-/m1/s1. The van der Waals surface area contributed by atoms with Crippen LogP contribution < -0.4 is 4.74 Å². The second-order valence-corrected chi connectivity index (χ2v) is 9.72. The van der Waals surface area contributed by atoms with E-state index in [2.05, 4.69) is 29.1 Å². The number of piperidine rings is 1. The number of hydrogen-bond donors (Lipinski definition) is 0. The van der Waals surface area contributed by atoms with Gasteiger partial charge in [0.1, 0.15) is 10.8 Å². The maximum atomic E-state index is 12.6. The lowest BCUT2D eigenvalue weighted by Crippen LogP contribution is -2.41. The number of carbonyl (C=O) groups is 1. The van der Waals surface area contributed by atoms with Gasteiger partial charge < -0.3 is 9.64 Å². The zero-order valence-corrected chi connectivity index (χ0v) is 18.8. The summed E-state index contributed by atoms with van der Waals surface area (Å²) in [6, 6.07) is 12.2. The summed E-state index contributed by atoms with van der Waals surface area (Å²) < 4.78 is 6.05. The monoisotopic (exact) mass is 441 g/mol. The molecule has 0 aliphatic carbocycles. The first-order valence-corrected chi connectivity index (χ1v) is 12.0. The number of rotatable bonds is 8. The molecule has 1 aliphatic rings. The summed E-state index contributed by atoms with van der Waals surface area (Å²) in [6.45, 7) is 4.00. The van der Waals surface area contributed by atoms with Crippen LogP contribution >= 0.6 is 22.7 Å². The van der Waals surface area contributed by atoms with Gasteiger partial charge in [0.05, 0.1) is 18.0 Å². The Bertz CT molecular complexity index is 911. The van der Waals surface area contributed by atoms with Gasteiger partial charge >= 0.3 is 0 Å². The summed E-state index contributed by atoms with van der Waals surface area (Å²) in [7, 11) is 2.11. The van der Waals surface area contributed by atoms with Gasteiger partial charge in [0.25, 0.3) is 5.91 Å². The van der Waals surface area contributed by atoms with Crippen LogP contribution in [0.5, 0.6) is 5.75 Å². The number of ether oxygens (including phenoxy) is 1. The van der Waals surface area contributed by atoms with E-state index in [-0.39, 0.29) is 5.91 Å². The molecule has 4 rings (SSSR count). The SMILES string of the molecule is CN(Cc1ccc(OC[C@@H]2CCCN(C(=O)c3cccs3)C2)cc1)Cc1nccs1. The summed E-state index contributed by atoms with van der Waals surface area (Å²) in [6.07, 6.45) is 3.99. The molecule has 0 bridgehead atoms. The van der Waals surface area contributed by atoms with Crippen LogP contribution in [-0.2, 0) is 13.1 Å². The van der Waals surface area contributed by atoms with Crippen molar-refractivity contribution in [1.82, 2.24) is 14.8 Å². The van der Waals surface area contributed by atoms with Crippen molar-refractivity contribution in [3.63, 3.8) is 0 Å². The smallest absolute Gasteiger partial charge is 0.263 e. The first kappa shape index (κ1) is 21.0. The van der Waals surface area contributed by atoms with Gasteiger partial charge in [-0.25, -0.2) is 4.98 Å². The third-order valence-electron chi connectivity index (χ3n) is 5.29. The van der Waals surface area contributed by atoms with E-state index >= 15 is 0 Å². The van der Waals surface area contributed by atoms with Crippen LogP contribution in [0, 0.1) is 5.92 Å². The fourth-order valence-electron chi connectivity index (χ4n) is 3.78. The molecule has 0 saturated carbocycles. The maximum absolute atomic E-state index is 12.6. The average Bonchev–Trinajstić information content (AvgIpc) is 3.47. The summed E-state index contributed by atoms with van der Waals surface area (Å²) in [5, 5.41) is 5.11. The van der Waals surface area contributed by atoms with Gasteiger partial charge in [-0.15, -0.1) is 22.7 Å². The maximum Gasteiger partial charge on any atom is 0.263 e. The average molecular weight is 442 g/mol. The molecule has 30 heavy (non-hydrogen) atoms. The van der Waals surface area contributed by atoms with Crippen LogP contribution in [0.15, 0.2) is 53.4 Å². The van der Waals surface area contributed by atoms with Crippen LogP contribution in [0.2, 0.25) is 0 Å². The van der Waals surface area contributed by atoms with Crippen molar-refractivity contribution >= 4 is 28.6 Å². The van der Waals surface area contributed by atoms with E-state index in [1.54, 1.807) is 11.3 Å². The number of benzene rings is 1. The number of thiophene rings is 1. The Morgan fingerprint density at radius 3 is 2.80 bits per heavy atom. The van der Waals surface area contributed by atoms with Crippen molar-refractivity contribution in [1.29, 1.82) is 0 Å². The predicted molar refractivity (Wildman–Crippen MR) is 122 cm³/mol. The van der Waals surface area contributed by atoms with Crippen molar-refractivity contribution in [3.8, 4) is 5.75 Å². The second kappa shape index (κ2) is 10.2. The van der Waals surface area contributed by atoms with Crippen LogP contribution in [0.4, 0.5) is 0 Å². The fraction of sp³-hybridized carbons (Fsp3) is 0.391. The summed E-state index contributed by atoms with van der Waals surface area (Å²) >= 11 is 3.20. The van der Waals surface area contributed by atoms with Crippen LogP contribution in [0.3, 0.4) is 0 Å². The van der Waals surface area contributed by atoms with Gasteiger partial charge in [-0.1, -0.05) is 18.2 Å². The molecule has 1 atom stereocenters. The molecule has 158 valence electrons. The molecule has 3 heterocycles. The topological polar surface area (TPSA) is 45.7 Å². The Labute approximate surface area is 185 Å². The third-order valence-corrected chi connectivity index (χ3v) is 6.91. The minimum Gasteiger partial charge on any atom is -0.493 e. The van der Waals surface area contributed by atoms with Crippen molar-refractivity contribution < 1.29 is 9.53 Å². The zero-order valence-electron chi connectivity index (χ0n) is 17.2. The molecular formula is C23H27N3O2S2. The molecule has 1 saturated heterocycles. The summed E-state index contributed by atoms with van der Waals surface area (Å²) in [4.78, 5) is 22.0. The molecule has 1 amide bonds. The van der Waals surface area contributed by atoms with E-state index in [1.165, 1.54) is 16.9 Å². The highest BCUT2D eigenvalue weighted by molar-refractivity contribution is 7.12. The fourth-order valence-corrected chi connectivity index (χ4v) is 5.16. The van der Waals surface area contributed by atoms with Gasteiger partial charge in [0.15, 0.2) is 0 Å². The molecule has 3 aromatic rings. The molecule has 1 aromatic carbocycles. The lowest BCUT2D eigenvalue weighted by Gasteiger charge is -2.32. The molecule has 0 unspecified atom stereocenters. The molecule has 1 fully saturated rings. The van der Waals surface area contributed by atoms with Crippen LogP contribution in [0.25, 0.3) is 0 Å². The zero-order chi connectivity index (χ0) is 20.8. The van der Waals surface area contributed by atoms with Gasteiger partial charge in [-0.3, -0.25) is 9.69 Å². The number of nitrogens with zero attached hydrogens (tertiary/aromatic N) is 3. The van der Waals surface area contributed by atoms with E-state index in [4.69, 9.17) is 4.74 Å². The number of carbonyl (C=O) groups excluding carboxylic acids is 1. The summed E-state index contributed by atoms with van der Waals surface area (Å²) in [5.41, 5.74) is 1.26. The number of hydrogen-bond acceptors (Lipinski definition) is 6. The van der Waals surface area contributed by atoms with Crippen LogP contribution in [0.1, 0.15) is 33.1 Å². The quantitative estimate of drug-likeness (QED) is 0.505.